The summed E-state index contributed by atoms with van der Waals surface area (Å²) in [5.41, 5.74) is 1.06. The zero-order chi connectivity index (χ0) is 32.3. The standard InChI is InChI=1S/C31H45ClFN5O7/c32-24-13-35-31(36-14-24)37-7-5-20(6-8-37)2-1-9-45-19-21-3-4-23(25(33)10-21)11-28(42)38-16-22(17-38)12-34-15-26(40)29(43)30(44)27(41)18-39/h3-4,10,13-14,20,22,26-27,29-30,34,39-41,43-44H,1-2,5-9,11-12,15-19H2. The summed E-state index contributed by atoms with van der Waals surface area (Å²) >= 11 is 5.88. The lowest BCUT2D eigenvalue weighted by Gasteiger charge is -2.39. The molecule has 0 spiro atoms. The van der Waals surface area contributed by atoms with Gasteiger partial charge in [-0.2, -0.15) is 0 Å². The molecule has 2 saturated heterocycles. The number of aromatic nitrogens is 2. The number of likely N-dealkylation sites (tertiary alicyclic amines) is 1. The largest absolute Gasteiger partial charge is 0.394 e. The van der Waals surface area contributed by atoms with E-state index in [2.05, 4.69) is 20.2 Å². The fourth-order valence-electron chi connectivity index (χ4n) is 5.68. The van der Waals surface area contributed by atoms with Crippen LogP contribution in [-0.4, -0.2) is 123 Å². The predicted octanol–water partition coefficient (Wildman–Crippen LogP) is 0.509. The zero-order valence-electron chi connectivity index (χ0n) is 25.3. The van der Waals surface area contributed by atoms with E-state index in [1.165, 1.54) is 6.07 Å². The van der Waals surface area contributed by atoms with Crippen LogP contribution in [0.15, 0.2) is 30.6 Å². The van der Waals surface area contributed by atoms with Gasteiger partial charge in [-0.05, 0) is 48.8 Å². The molecule has 2 aliphatic rings. The van der Waals surface area contributed by atoms with Crippen LogP contribution in [0.4, 0.5) is 10.3 Å². The molecule has 1 amide bonds. The van der Waals surface area contributed by atoms with Gasteiger partial charge in [0.05, 0.1) is 43.2 Å². The number of anilines is 1. The molecular weight excluding hydrogens is 609 g/mol. The highest BCUT2D eigenvalue weighted by Gasteiger charge is 2.32. The molecule has 1 aromatic carbocycles. The summed E-state index contributed by atoms with van der Waals surface area (Å²) in [7, 11) is 0. The van der Waals surface area contributed by atoms with E-state index in [9.17, 15) is 29.6 Å². The van der Waals surface area contributed by atoms with Crippen LogP contribution >= 0.6 is 11.6 Å². The van der Waals surface area contributed by atoms with Crippen molar-refractivity contribution >= 4 is 23.5 Å². The molecule has 2 aliphatic heterocycles. The second-order valence-electron chi connectivity index (χ2n) is 12.1. The van der Waals surface area contributed by atoms with Crippen LogP contribution in [0.3, 0.4) is 0 Å². The fourth-order valence-corrected chi connectivity index (χ4v) is 5.77. The monoisotopic (exact) mass is 653 g/mol. The lowest BCUT2D eigenvalue weighted by Crippen LogP contribution is -2.55. The minimum atomic E-state index is -1.67. The Balaban J connectivity index is 1.06. The summed E-state index contributed by atoms with van der Waals surface area (Å²) in [5, 5.41) is 51.2. The van der Waals surface area contributed by atoms with Crippen LogP contribution < -0.4 is 10.2 Å². The molecule has 2 aromatic rings. The van der Waals surface area contributed by atoms with Crippen molar-refractivity contribution in [3.05, 3.63) is 52.6 Å². The van der Waals surface area contributed by atoms with E-state index in [0.29, 0.717) is 49.4 Å². The molecule has 45 heavy (non-hydrogen) atoms. The Morgan fingerprint density at radius 2 is 1.76 bits per heavy atom. The molecule has 14 heteroatoms. The lowest BCUT2D eigenvalue weighted by atomic mass is 9.92. The zero-order valence-corrected chi connectivity index (χ0v) is 26.1. The van der Waals surface area contributed by atoms with Gasteiger partial charge in [-0.25, -0.2) is 14.4 Å². The quantitative estimate of drug-likeness (QED) is 0.131. The third-order valence-electron chi connectivity index (χ3n) is 8.55. The first kappa shape index (κ1) is 35.4. The highest BCUT2D eigenvalue weighted by atomic mass is 35.5. The van der Waals surface area contributed by atoms with Gasteiger partial charge < -0.3 is 45.4 Å². The van der Waals surface area contributed by atoms with Crippen LogP contribution in [0.5, 0.6) is 0 Å². The third kappa shape index (κ3) is 10.5. The van der Waals surface area contributed by atoms with Gasteiger partial charge in [0.1, 0.15) is 24.1 Å². The Kier molecular flexibility index (Phi) is 13.7. The van der Waals surface area contributed by atoms with Crippen LogP contribution in [0.25, 0.3) is 0 Å². The number of hydrogen-bond donors (Lipinski definition) is 6. The number of rotatable bonds is 17. The normalized spacial score (nSPS) is 18.8. The number of carbonyl (C=O) groups excluding carboxylic acids is 1. The van der Waals surface area contributed by atoms with Gasteiger partial charge in [-0.1, -0.05) is 23.7 Å². The first-order valence-corrected chi connectivity index (χ1v) is 15.9. The van der Waals surface area contributed by atoms with Crippen molar-refractivity contribution in [2.75, 3.05) is 57.4 Å². The van der Waals surface area contributed by atoms with E-state index in [0.717, 1.165) is 50.3 Å². The Morgan fingerprint density at radius 3 is 2.42 bits per heavy atom. The number of aliphatic hydroxyl groups is 5. The Labute approximate surface area is 267 Å². The molecule has 250 valence electrons. The maximum absolute atomic E-state index is 14.8. The molecule has 6 N–H and O–H groups in total. The summed E-state index contributed by atoms with van der Waals surface area (Å²) in [4.78, 5) is 25.1. The Hall–Kier alpha value is -2.49. The van der Waals surface area contributed by atoms with Crippen LogP contribution in [0, 0.1) is 17.7 Å². The highest BCUT2D eigenvalue weighted by Crippen LogP contribution is 2.25. The number of piperidine rings is 1. The average molecular weight is 654 g/mol. The number of hydrogen-bond acceptors (Lipinski definition) is 11. The van der Waals surface area contributed by atoms with E-state index in [-0.39, 0.29) is 24.8 Å². The van der Waals surface area contributed by atoms with Gasteiger partial charge in [0.2, 0.25) is 11.9 Å². The number of nitrogens with one attached hydrogen (secondary N) is 1. The van der Waals surface area contributed by atoms with E-state index in [1.54, 1.807) is 29.4 Å². The number of nitrogens with zero attached hydrogens (tertiary/aromatic N) is 4. The SMILES string of the molecule is O=C(Cc1ccc(COCCCC2CCN(c3ncc(Cl)cn3)CC2)cc1F)N1CC(CNCC(O)C(O)C(O)C(O)CO)C1. The molecule has 2 fully saturated rings. The summed E-state index contributed by atoms with van der Waals surface area (Å²) in [6.07, 6.45) is 1.17. The first-order valence-electron chi connectivity index (χ1n) is 15.5. The number of benzene rings is 1. The molecule has 0 bridgehead atoms. The molecule has 12 nitrogen and oxygen atoms in total. The molecule has 4 atom stereocenters. The number of halogens is 2. The molecule has 1 aromatic heterocycles. The van der Waals surface area contributed by atoms with Gasteiger partial charge in [-0.15, -0.1) is 0 Å². The molecule has 0 aliphatic carbocycles. The van der Waals surface area contributed by atoms with Crippen molar-refractivity contribution in [2.45, 2.75) is 63.1 Å². The lowest BCUT2D eigenvalue weighted by molar-refractivity contribution is -0.136. The van der Waals surface area contributed by atoms with Crippen molar-refractivity contribution in [1.82, 2.24) is 20.2 Å². The molecular formula is C31H45ClFN5O7. The molecule has 0 radical (unpaired) electrons. The molecule has 0 saturated carbocycles. The summed E-state index contributed by atoms with van der Waals surface area (Å²) in [6.45, 7) is 3.41. The van der Waals surface area contributed by atoms with Gasteiger partial charge in [-0.3, -0.25) is 4.79 Å². The van der Waals surface area contributed by atoms with Crippen molar-refractivity contribution in [1.29, 1.82) is 0 Å². The maximum atomic E-state index is 14.8. The van der Waals surface area contributed by atoms with Crippen molar-refractivity contribution in [3.8, 4) is 0 Å². The number of ether oxygens (including phenoxy) is 1. The second kappa shape index (κ2) is 17.4. The van der Waals surface area contributed by atoms with Gasteiger partial charge in [0, 0.05) is 51.8 Å². The van der Waals surface area contributed by atoms with E-state index in [4.69, 9.17) is 21.4 Å². The van der Waals surface area contributed by atoms with Gasteiger partial charge in [0.25, 0.3) is 0 Å². The molecule has 3 heterocycles. The maximum Gasteiger partial charge on any atom is 0.227 e. The third-order valence-corrected chi connectivity index (χ3v) is 8.75. The second-order valence-corrected chi connectivity index (χ2v) is 12.5. The smallest absolute Gasteiger partial charge is 0.227 e. The number of amides is 1. The van der Waals surface area contributed by atoms with E-state index in [1.807, 2.05) is 0 Å². The van der Waals surface area contributed by atoms with Gasteiger partial charge in [0.15, 0.2) is 0 Å². The predicted molar refractivity (Wildman–Crippen MR) is 165 cm³/mol. The van der Waals surface area contributed by atoms with Crippen LogP contribution in [0.2, 0.25) is 5.02 Å². The summed E-state index contributed by atoms with van der Waals surface area (Å²) in [5.74, 6) is 0.881. The summed E-state index contributed by atoms with van der Waals surface area (Å²) in [6, 6.07) is 4.85. The van der Waals surface area contributed by atoms with Crippen LogP contribution in [0.1, 0.15) is 36.8 Å². The topological polar surface area (TPSA) is 172 Å². The van der Waals surface area contributed by atoms with Crippen LogP contribution in [-0.2, 0) is 22.6 Å². The number of carbonyl (C=O) groups is 1. The minimum absolute atomic E-state index is 0.0357. The first-order chi connectivity index (χ1) is 21.6. The average Bonchev–Trinajstić information content (AvgIpc) is 3.02. The highest BCUT2D eigenvalue weighted by molar-refractivity contribution is 6.30. The Bertz CT molecular complexity index is 1200. The van der Waals surface area contributed by atoms with Crippen molar-refractivity contribution in [2.24, 2.45) is 11.8 Å². The minimum Gasteiger partial charge on any atom is -0.394 e. The Morgan fingerprint density at radius 1 is 1.07 bits per heavy atom. The molecule has 4 unspecified atom stereocenters. The number of aliphatic hydroxyl groups excluding tert-OH is 5. The van der Waals surface area contributed by atoms with Crippen molar-refractivity contribution in [3.63, 3.8) is 0 Å². The van der Waals surface area contributed by atoms with E-state index < -0.39 is 36.8 Å². The fraction of sp³-hybridized carbons (Fsp3) is 0.645. The van der Waals surface area contributed by atoms with E-state index >= 15 is 0 Å². The van der Waals surface area contributed by atoms with Gasteiger partial charge >= 0.3 is 0 Å². The summed E-state index contributed by atoms with van der Waals surface area (Å²) < 4.78 is 20.6. The van der Waals surface area contributed by atoms with Crippen molar-refractivity contribution < 1.29 is 39.5 Å². The molecule has 4 rings (SSSR count).